The Morgan fingerprint density at radius 3 is 1.00 bits per heavy atom. The van der Waals surface area contributed by atoms with Gasteiger partial charge >= 0.3 is 0 Å². The predicted molar refractivity (Wildman–Crippen MR) is 93.0 cm³/mol. The van der Waals surface area contributed by atoms with E-state index in [4.69, 9.17) is 0 Å². The molecule has 0 fully saturated rings. The molecule has 0 heterocycles. The molecule has 0 nitrogen and oxygen atoms in total. The molecule has 106 valence electrons. The summed E-state index contributed by atoms with van der Waals surface area (Å²) in [5, 5.41) is 0. The SMILES string of the molecule is Cc1cc(SSc2cc(C)c(C)c(C)c2)cc(C)c1C. The maximum Gasteiger partial charge on any atom is 0.0191 e. The van der Waals surface area contributed by atoms with Crippen LogP contribution in [-0.2, 0) is 0 Å². The van der Waals surface area contributed by atoms with Gasteiger partial charge in [0, 0.05) is 9.79 Å². The molecule has 2 aromatic rings. The van der Waals surface area contributed by atoms with Crippen LogP contribution in [0.25, 0.3) is 0 Å². The molecule has 0 aliphatic heterocycles. The summed E-state index contributed by atoms with van der Waals surface area (Å²) in [4.78, 5) is 2.68. The lowest BCUT2D eigenvalue weighted by atomic mass is 10.1. The monoisotopic (exact) mass is 302 g/mol. The average Bonchev–Trinajstić information content (AvgIpc) is 2.39. The van der Waals surface area contributed by atoms with Crippen LogP contribution < -0.4 is 0 Å². The van der Waals surface area contributed by atoms with Gasteiger partial charge in [-0.05, 0) is 99.2 Å². The summed E-state index contributed by atoms with van der Waals surface area (Å²) in [6.45, 7) is 13.2. The van der Waals surface area contributed by atoms with Gasteiger partial charge in [0.15, 0.2) is 0 Å². The van der Waals surface area contributed by atoms with E-state index in [0.29, 0.717) is 0 Å². The largest absolute Gasteiger partial charge is 0.0525 e. The molecule has 2 heteroatoms. The minimum absolute atomic E-state index is 1.34. The normalized spacial score (nSPS) is 10.9. The zero-order chi connectivity index (χ0) is 14.9. The van der Waals surface area contributed by atoms with E-state index in [9.17, 15) is 0 Å². The molecule has 20 heavy (non-hydrogen) atoms. The second-order valence-electron chi connectivity index (χ2n) is 5.53. The molecule has 0 N–H and O–H groups in total. The molecule has 0 saturated heterocycles. The highest BCUT2D eigenvalue weighted by Crippen LogP contribution is 2.39. The number of benzene rings is 2. The fraction of sp³-hybridized carbons (Fsp3) is 0.333. The molecular weight excluding hydrogens is 280 g/mol. The second kappa shape index (κ2) is 6.28. The highest BCUT2D eigenvalue weighted by atomic mass is 33.1. The van der Waals surface area contributed by atoms with Crippen molar-refractivity contribution in [2.45, 2.75) is 51.3 Å². The Labute approximate surface area is 130 Å². The Morgan fingerprint density at radius 1 is 0.500 bits per heavy atom. The Balaban J connectivity index is 2.17. The molecule has 0 aliphatic carbocycles. The zero-order valence-corrected chi connectivity index (χ0v) is 14.8. The van der Waals surface area contributed by atoms with Gasteiger partial charge < -0.3 is 0 Å². The standard InChI is InChI=1S/C18H22S2/c1-11-7-17(8-12(2)15(11)5)19-20-18-9-13(3)16(6)14(4)10-18/h7-10H,1-6H3. The van der Waals surface area contributed by atoms with Crippen molar-refractivity contribution in [1.82, 2.24) is 0 Å². The lowest BCUT2D eigenvalue weighted by Gasteiger charge is -2.10. The van der Waals surface area contributed by atoms with Crippen molar-refractivity contribution in [3.63, 3.8) is 0 Å². The third kappa shape index (κ3) is 3.42. The molecule has 0 bridgehead atoms. The van der Waals surface area contributed by atoms with Crippen LogP contribution in [0.15, 0.2) is 34.1 Å². The van der Waals surface area contributed by atoms with Crippen molar-refractivity contribution < 1.29 is 0 Å². The van der Waals surface area contributed by atoms with Gasteiger partial charge in [0.2, 0.25) is 0 Å². The predicted octanol–water partition coefficient (Wildman–Crippen LogP) is 6.34. The first kappa shape index (κ1) is 15.5. The van der Waals surface area contributed by atoms with Crippen LogP contribution in [-0.4, -0.2) is 0 Å². The Bertz CT molecular complexity index is 538. The third-order valence-electron chi connectivity index (χ3n) is 4.04. The van der Waals surface area contributed by atoms with Gasteiger partial charge in [-0.15, -0.1) is 0 Å². The van der Waals surface area contributed by atoms with Crippen molar-refractivity contribution in [3.8, 4) is 0 Å². The molecule has 0 aliphatic rings. The lowest BCUT2D eigenvalue weighted by molar-refractivity contribution is 1.21. The van der Waals surface area contributed by atoms with E-state index in [2.05, 4.69) is 65.8 Å². The molecule has 0 saturated carbocycles. The maximum absolute atomic E-state index is 2.29. The Kier molecular flexibility index (Phi) is 4.87. The smallest absolute Gasteiger partial charge is 0.0191 e. The van der Waals surface area contributed by atoms with E-state index < -0.39 is 0 Å². The molecular formula is C18H22S2. The molecule has 0 aromatic heterocycles. The first-order valence-corrected chi connectivity index (χ1v) is 9.03. The van der Waals surface area contributed by atoms with Crippen molar-refractivity contribution in [3.05, 3.63) is 57.6 Å². The molecule has 2 aromatic carbocycles. The van der Waals surface area contributed by atoms with Crippen molar-refractivity contribution in [2.24, 2.45) is 0 Å². The van der Waals surface area contributed by atoms with E-state index in [1.54, 1.807) is 0 Å². The molecule has 0 radical (unpaired) electrons. The van der Waals surface area contributed by atoms with Gasteiger partial charge in [0.25, 0.3) is 0 Å². The summed E-state index contributed by atoms with van der Waals surface area (Å²) < 4.78 is 0. The maximum atomic E-state index is 2.29. The summed E-state index contributed by atoms with van der Waals surface area (Å²) >= 11 is 0. The van der Waals surface area contributed by atoms with Crippen LogP contribution in [0.1, 0.15) is 33.4 Å². The van der Waals surface area contributed by atoms with Gasteiger partial charge in [0.05, 0.1) is 0 Å². The van der Waals surface area contributed by atoms with Gasteiger partial charge in [-0.25, -0.2) is 0 Å². The van der Waals surface area contributed by atoms with Crippen LogP contribution in [0, 0.1) is 41.5 Å². The average molecular weight is 303 g/mol. The molecule has 0 unspecified atom stereocenters. The first-order chi connectivity index (χ1) is 9.38. The molecule has 2 rings (SSSR count). The fourth-order valence-electron chi connectivity index (χ4n) is 2.18. The van der Waals surface area contributed by atoms with Gasteiger partial charge in [-0.2, -0.15) is 0 Å². The summed E-state index contributed by atoms with van der Waals surface area (Å²) in [6.07, 6.45) is 0. The lowest BCUT2D eigenvalue weighted by Crippen LogP contribution is -1.87. The molecule has 0 amide bonds. The Morgan fingerprint density at radius 2 is 0.750 bits per heavy atom. The highest BCUT2D eigenvalue weighted by molar-refractivity contribution is 8.76. The first-order valence-electron chi connectivity index (χ1n) is 6.88. The van der Waals surface area contributed by atoms with E-state index in [-0.39, 0.29) is 0 Å². The van der Waals surface area contributed by atoms with Crippen LogP contribution >= 0.6 is 21.6 Å². The topological polar surface area (TPSA) is 0 Å². The summed E-state index contributed by atoms with van der Waals surface area (Å²) in [6, 6.07) is 9.14. The summed E-state index contributed by atoms with van der Waals surface area (Å²) in [5.74, 6) is 0. The van der Waals surface area contributed by atoms with Gasteiger partial charge in [0.1, 0.15) is 0 Å². The van der Waals surface area contributed by atoms with Crippen LogP contribution in [0.3, 0.4) is 0 Å². The minimum Gasteiger partial charge on any atom is -0.0525 e. The molecule has 0 atom stereocenters. The van der Waals surface area contributed by atoms with Crippen molar-refractivity contribution in [1.29, 1.82) is 0 Å². The Hall–Kier alpha value is -0.860. The van der Waals surface area contributed by atoms with Crippen LogP contribution in [0.4, 0.5) is 0 Å². The number of hydrogen-bond donors (Lipinski definition) is 0. The van der Waals surface area contributed by atoms with Gasteiger partial charge in [-0.3, -0.25) is 0 Å². The summed E-state index contributed by atoms with van der Waals surface area (Å²) in [7, 11) is 3.70. The van der Waals surface area contributed by atoms with Crippen molar-refractivity contribution >= 4 is 21.6 Å². The van der Waals surface area contributed by atoms with E-state index in [1.807, 2.05) is 21.6 Å². The number of aryl methyl sites for hydroxylation is 4. The number of rotatable bonds is 3. The second-order valence-corrected chi connectivity index (χ2v) is 7.81. The highest BCUT2D eigenvalue weighted by Gasteiger charge is 2.05. The van der Waals surface area contributed by atoms with E-state index in [0.717, 1.165) is 0 Å². The van der Waals surface area contributed by atoms with E-state index in [1.165, 1.54) is 43.2 Å². The van der Waals surface area contributed by atoms with Crippen LogP contribution in [0.5, 0.6) is 0 Å². The van der Waals surface area contributed by atoms with Crippen molar-refractivity contribution in [2.75, 3.05) is 0 Å². The third-order valence-corrected chi connectivity index (χ3v) is 6.38. The quantitative estimate of drug-likeness (QED) is 0.607. The molecule has 0 spiro atoms. The van der Waals surface area contributed by atoms with E-state index >= 15 is 0 Å². The van der Waals surface area contributed by atoms with Gasteiger partial charge in [-0.1, -0.05) is 21.6 Å². The summed E-state index contributed by atoms with van der Waals surface area (Å²) in [5.41, 5.74) is 8.32. The van der Waals surface area contributed by atoms with Crippen LogP contribution in [0.2, 0.25) is 0 Å². The fourth-order valence-corrected chi connectivity index (χ4v) is 4.43. The minimum atomic E-state index is 1.34. The number of hydrogen-bond acceptors (Lipinski definition) is 2. The zero-order valence-electron chi connectivity index (χ0n) is 13.1.